The van der Waals surface area contributed by atoms with Gasteiger partial charge in [-0.3, -0.25) is 0 Å². The molecule has 102 valence electrons. The van der Waals surface area contributed by atoms with Gasteiger partial charge < -0.3 is 10.3 Å². The first-order chi connectivity index (χ1) is 8.87. The first kappa shape index (κ1) is 14.0. The highest BCUT2D eigenvalue weighted by molar-refractivity contribution is 7.90. The van der Waals surface area contributed by atoms with Gasteiger partial charge in [-0.15, -0.1) is 0 Å². The molecule has 6 heteroatoms. The molecule has 0 spiro atoms. The normalized spacial score (nSPS) is 11.8. The standard InChI is InChI=1S/C13H16N2O2S2/c1-19(16,17)8-2-6-15-7-5-10-3-4-11(13(14)18)9-12(10)15/h3-5,7,9H,2,6,8H2,1H3,(H2,14,18). The summed E-state index contributed by atoms with van der Waals surface area (Å²) in [6.45, 7) is 0.664. The van der Waals surface area contributed by atoms with Crippen molar-refractivity contribution in [2.24, 2.45) is 5.73 Å². The van der Waals surface area contributed by atoms with Crippen LogP contribution in [-0.4, -0.2) is 30.0 Å². The zero-order valence-electron chi connectivity index (χ0n) is 10.7. The highest BCUT2D eigenvalue weighted by Crippen LogP contribution is 2.18. The van der Waals surface area contributed by atoms with Gasteiger partial charge in [-0.05, 0) is 23.9 Å². The minimum absolute atomic E-state index is 0.196. The molecule has 0 bridgehead atoms. The van der Waals surface area contributed by atoms with Crippen LogP contribution in [-0.2, 0) is 16.4 Å². The number of benzene rings is 1. The van der Waals surface area contributed by atoms with Crippen molar-refractivity contribution < 1.29 is 8.42 Å². The van der Waals surface area contributed by atoms with Crippen LogP contribution in [0.3, 0.4) is 0 Å². The number of nitrogens with zero attached hydrogens (tertiary/aromatic N) is 1. The molecule has 0 atom stereocenters. The number of nitrogens with two attached hydrogens (primary N) is 1. The van der Waals surface area contributed by atoms with E-state index >= 15 is 0 Å². The lowest BCUT2D eigenvalue weighted by Crippen LogP contribution is -2.10. The van der Waals surface area contributed by atoms with E-state index in [0.29, 0.717) is 18.0 Å². The molecule has 0 aliphatic carbocycles. The number of aryl methyl sites for hydroxylation is 1. The smallest absolute Gasteiger partial charge is 0.147 e. The molecule has 0 amide bonds. The molecule has 0 unspecified atom stereocenters. The largest absolute Gasteiger partial charge is 0.389 e. The van der Waals surface area contributed by atoms with E-state index in [1.807, 2.05) is 35.0 Å². The van der Waals surface area contributed by atoms with Crippen molar-refractivity contribution in [3.8, 4) is 0 Å². The number of rotatable bonds is 5. The summed E-state index contributed by atoms with van der Waals surface area (Å²) in [5, 5.41) is 1.10. The average molecular weight is 296 g/mol. The molecule has 1 heterocycles. The van der Waals surface area contributed by atoms with Crippen molar-refractivity contribution in [1.29, 1.82) is 0 Å². The van der Waals surface area contributed by atoms with Crippen LogP contribution in [0.2, 0.25) is 0 Å². The Balaban J connectivity index is 2.23. The Morgan fingerprint density at radius 3 is 2.74 bits per heavy atom. The lowest BCUT2D eigenvalue weighted by atomic mass is 10.1. The molecule has 2 rings (SSSR count). The summed E-state index contributed by atoms with van der Waals surface area (Å²) in [4.78, 5) is 0.366. The maximum atomic E-state index is 11.1. The van der Waals surface area contributed by atoms with Gasteiger partial charge in [0.05, 0.1) is 5.75 Å². The minimum Gasteiger partial charge on any atom is -0.389 e. The Labute approximate surface area is 118 Å². The highest BCUT2D eigenvalue weighted by Gasteiger charge is 2.06. The van der Waals surface area contributed by atoms with Crippen LogP contribution in [0.1, 0.15) is 12.0 Å². The van der Waals surface area contributed by atoms with Crippen molar-refractivity contribution >= 4 is 37.9 Å². The third-order valence-electron chi connectivity index (χ3n) is 2.97. The number of thiocarbonyl (C=S) groups is 1. The summed E-state index contributed by atoms with van der Waals surface area (Å²) < 4.78 is 24.3. The van der Waals surface area contributed by atoms with E-state index in [4.69, 9.17) is 18.0 Å². The SMILES string of the molecule is CS(=O)(=O)CCCn1ccc2ccc(C(N)=S)cc21. The van der Waals surface area contributed by atoms with Gasteiger partial charge in [-0.2, -0.15) is 0 Å². The van der Waals surface area contributed by atoms with Crippen molar-refractivity contribution in [1.82, 2.24) is 4.57 Å². The predicted octanol–water partition coefficient (Wildman–Crippen LogP) is 1.71. The molecule has 0 radical (unpaired) electrons. The van der Waals surface area contributed by atoms with E-state index in [0.717, 1.165) is 16.5 Å². The number of fused-ring (bicyclic) bond motifs is 1. The molecular weight excluding hydrogens is 280 g/mol. The second-order valence-corrected chi connectivity index (χ2v) is 7.33. The topological polar surface area (TPSA) is 65.1 Å². The van der Waals surface area contributed by atoms with E-state index in [9.17, 15) is 8.42 Å². The van der Waals surface area contributed by atoms with Gasteiger partial charge >= 0.3 is 0 Å². The Hall–Kier alpha value is -1.40. The van der Waals surface area contributed by atoms with Gasteiger partial charge in [0.1, 0.15) is 14.8 Å². The maximum absolute atomic E-state index is 11.1. The highest BCUT2D eigenvalue weighted by atomic mass is 32.2. The fourth-order valence-corrected chi connectivity index (χ4v) is 2.81. The summed E-state index contributed by atoms with van der Waals surface area (Å²) in [5.41, 5.74) is 7.47. The number of hydrogen-bond acceptors (Lipinski definition) is 3. The molecule has 2 aromatic rings. The van der Waals surface area contributed by atoms with Crippen LogP contribution in [0.4, 0.5) is 0 Å². The van der Waals surface area contributed by atoms with Gasteiger partial charge in [0.2, 0.25) is 0 Å². The quantitative estimate of drug-likeness (QED) is 0.853. The van der Waals surface area contributed by atoms with Crippen molar-refractivity contribution in [3.05, 3.63) is 36.0 Å². The number of hydrogen-bond donors (Lipinski definition) is 1. The molecular formula is C13H16N2O2S2. The summed E-state index contributed by atoms with van der Waals surface area (Å²) >= 11 is 4.97. The molecule has 0 fully saturated rings. The van der Waals surface area contributed by atoms with E-state index in [1.165, 1.54) is 6.26 Å². The molecule has 1 aromatic heterocycles. The molecule has 4 nitrogen and oxygen atoms in total. The minimum atomic E-state index is -2.91. The zero-order valence-corrected chi connectivity index (χ0v) is 12.3. The van der Waals surface area contributed by atoms with E-state index in [-0.39, 0.29) is 5.75 Å². The van der Waals surface area contributed by atoms with Crippen LogP contribution in [0.25, 0.3) is 10.9 Å². The first-order valence-electron chi connectivity index (χ1n) is 5.93. The van der Waals surface area contributed by atoms with Gasteiger partial charge in [-0.25, -0.2) is 8.42 Å². The molecule has 2 N–H and O–H groups in total. The number of aromatic nitrogens is 1. The molecule has 1 aromatic carbocycles. The van der Waals surface area contributed by atoms with E-state index in [2.05, 4.69) is 0 Å². The molecule has 0 saturated carbocycles. The molecule has 19 heavy (non-hydrogen) atoms. The third kappa shape index (κ3) is 3.54. The summed E-state index contributed by atoms with van der Waals surface area (Å²) in [6, 6.07) is 7.81. The lowest BCUT2D eigenvalue weighted by Gasteiger charge is -2.06. The zero-order chi connectivity index (χ0) is 14.0. The second kappa shape index (κ2) is 5.30. The average Bonchev–Trinajstić information content (AvgIpc) is 2.70. The van der Waals surface area contributed by atoms with Crippen LogP contribution >= 0.6 is 12.2 Å². The Morgan fingerprint density at radius 2 is 2.11 bits per heavy atom. The van der Waals surface area contributed by atoms with Gasteiger partial charge in [0.25, 0.3) is 0 Å². The first-order valence-corrected chi connectivity index (χ1v) is 8.40. The summed E-state index contributed by atoms with van der Waals surface area (Å²) in [7, 11) is -2.91. The summed E-state index contributed by atoms with van der Waals surface area (Å²) in [6.07, 6.45) is 3.81. The second-order valence-electron chi connectivity index (χ2n) is 4.63. The summed E-state index contributed by atoms with van der Waals surface area (Å²) in [5.74, 6) is 0.196. The lowest BCUT2D eigenvalue weighted by molar-refractivity contribution is 0.593. The fraction of sp³-hybridized carbons (Fsp3) is 0.308. The van der Waals surface area contributed by atoms with Crippen LogP contribution in [0.5, 0.6) is 0 Å². The van der Waals surface area contributed by atoms with E-state index in [1.54, 1.807) is 0 Å². The number of sulfone groups is 1. The maximum Gasteiger partial charge on any atom is 0.147 e. The fourth-order valence-electron chi connectivity index (χ4n) is 2.03. The van der Waals surface area contributed by atoms with Crippen LogP contribution < -0.4 is 5.73 Å². The Bertz CT molecular complexity index is 717. The van der Waals surface area contributed by atoms with Gasteiger partial charge in [-0.1, -0.05) is 24.4 Å². The van der Waals surface area contributed by atoms with Crippen molar-refractivity contribution in [2.75, 3.05) is 12.0 Å². The third-order valence-corrected chi connectivity index (χ3v) is 4.24. The monoisotopic (exact) mass is 296 g/mol. The predicted molar refractivity (Wildman–Crippen MR) is 82.2 cm³/mol. The molecule has 0 aliphatic heterocycles. The Kier molecular flexibility index (Phi) is 3.91. The van der Waals surface area contributed by atoms with Crippen molar-refractivity contribution in [2.45, 2.75) is 13.0 Å². The molecule has 0 saturated heterocycles. The van der Waals surface area contributed by atoms with Gasteiger partial charge in [0.15, 0.2) is 0 Å². The molecule has 0 aliphatic rings. The van der Waals surface area contributed by atoms with Crippen LogP contribution in [0, 0.1) is 0 Å². The van der Waals surface area contributed by atoms with Crippen molar-refractivity contribution in [3.63, 3.8) is 0 Å². The van der Waals surface area contributed by atoms with E-state index < -0.39 is 9.84 Å². The van der Waals surface area contributed by atoms with Gasteiger partial charge in [0, 0.05) is 30.1 Å². The Morgan fingerprint density at radius 1 is 1.37 bits per heavy atom. The van der Waals surface area contributed by atoms with Crippen LogP contribution in [0.15, 0.2) is 30.5 Å².